The summed E-state index contributed by atoms with van der Waals surface area (Å²) in [6.07, 6.45) is 0. The van der Waals surface area contributed by atoms with Crippen molar-refractivity contribution in [1.29, 1.82) is 0 Å². The van der Waals surface area contributed by atoms with E-state index in [1.807, 2.05) is 18.9 Å². The lowest BCUT2D eigenvalue weighted by Gasteiger charge is -2.22. The second-order valence-electron chi connectivity index (χ2n) is 4.57. The number of nitrogens with zero attached hydrogens (tertiary/aromatic N) is 3. The summed E-state index contributed by atoms with van der Waals surface area (Å²) in [5.41, 5.74) is 2.20. The van der Waals surface area contributed by atoms with E-state index in [2.05, 4.69) is 23.1 Å². The highest BCUT2D eigenvalue weighted by molar-refractivity contribution is 5.84. The van der Waals surface area contributed by atoms with Crippen LogP contribution in [0.4, 0.5) is 0 Å². The minimum absolute atomic E-state index is 0.207. The number of hydrogen-bond donors (Lipinski definition) is 0. The number of guanidine groups is 1. The maximum absolute atomic E-state index is 5.40. The highest BCUT2D eigenvalue weighted by Gasteiger charge is 2.41. The molecule has 1 fully saturated rings. The average molecular weight is 221 g/mol. The van der Waals surface area contributed by atoms with E-state index in [0.29, 0.717) is 0 Å². The van der Waals surface area contributed by atoms with Crippen LogP contribution in [-0.4, -0.2) is 48.2 Å². The fourth-order valence-corrected chi connectivity index (χ4v) is 2.16. The molecule has 0 aromatic rings. The second-order valence-corrected chi connectivity index (χ2v) is 4.57. The van der Waals surface area contributed by atoms with Crippen molar-refractivity contribution in [3.05, 3.63) is 24.3 Å². The Morgan fingerprint density at radius 1 is 1.31 bits per heavy atom. The molecule has 0 unspecified atom stereocenters. The van der Waals surface area contributed by atoms with Crippen molar-refractivity contribution in [3.8, 4) is 0 Å². The van der Waals surface area contributed by atoms with Crippen LogP contribution in [0.15, 0.2) is 29.3 Å². The molecule has 0 saturated carbocycles. The van der Waals surface area contributed by atoms with Gasteiger partial charge in [0.25, 0.3) is 0 Å². The molecule has 88 valence electrons. The van der Waals surface area contributed by atoms with Gasteiger partial charge in [0, 0.05) is 13.1 Å². The Bertz CT molecular complexity index is 361. The monoisotopic (exact) mass is 221 g/mol. The Morgan fingerprint density at radius 2 is 2.00 bits per heavy atom. The van der Waals surface area contributed by atoms with Crippen molar-refractivity contribution in [2.45, 2.75) is 25.9 Å². The molecular weight excluding hydrogens is 202 g/mol. The third-order valence-electron chi connectivity index (χ3n) is 3.16. The van der Waals surface area contributed by atoms with Crippen molar-refractivity contribution in [1.82, 2.24) is 9.96 Å². The Labute approximate surface area is 96.8 Å². The first-order chi connectivity index (χ1) is 7.54. The van der Waals surface area contributed by atoms with Gasteiger partial charge in [0.1, 0.15) is 0 Å². The molecule has 0 bridgehead atoms. The van der Waals surface area contributed by atoms with Crippen molar-refractivity contribution in [2.75, 3.05) is 20.2 Å². The van der Waals surface area contributed by atoms with Crippen molar-refractivity contribution in [3.63, 3.8) is 0 Å². The largest absolute Gasteiger partial charge is 0.336 e. The van der Waals surface area contributed by atoms with Crippen LogP contribution in [0.5, 0.6) is 0 Å². The van der Waals surface area contributed by atoms with E-state index in [4.69, 9.17) is 4.84 Å². The Kier molecular flexibility index (Phi) is 2.76. The molecule has 0 aliphatic carbocycles. The number of rotatable bonds is 3. The van der Waals surface area contributed by atoms with Crippen LogP contribution in [0.1, 0.15) is 13.8 Å². The van der Waals surface area contributed by atoms with Crippen molar-refractivity contribution >= 4 is 5.96 Å². The van der Waals surface area contributed by atoms with Crippen LogP contribution >= 0.6 is 0 Å². The van der Waals surface area contributed by atoms with Crippen molar-refractivity contribution < 1.29 is 4.84 Å². The molecule has 0 spiro atoms. The molecule has 4 nitrogen and oxygen atoms in total. The molecule has 2 aliphatic heterocycles. The topological polar surface area (TPSA) is 28.1 Å². The van der Waals surface area contributed by atoms with Gasteiger partial charge in [0.05, 0.1) is 19.2 Å². The average Bonchev–Trinajstić information content (AvgIpc) is 2.72. The van der Waals surface area contributed by atoms with Gasteiger partial charge in [-0.15, -0.1) is 0 Å². The van der Waals surface area contributed by atoms with E-state index in [1.165, 1.54) is 0 Å². The van der Waals surface area contributed by atoms with Crippen LogP contribution in [0.25, 0.3) is 0 Å². The minimum Gasteiger partial charge on any atom is -0.336 e. The van der Waals surface area contributed by atoms with Gasteiger partial charge < -0.3 is 4.90 Å². The van der Waals surface area contributed by atoms with E-state index >= 15 is 0 Å². The first kappa shape index (κ1) is 11.2. The maximum Gasteiger partial charge on any atom is 0.222 e. The zero-order valence-corrected chi connectivity index (χ0v) is 10.2. The molecule has 0 aromatic carbocycles. The fourth-order valence-electron chi connectivity index (χ4n) is 2.16. The lowest BCUT2D eigenvalue weighted by molar-refractivity contribution is -0.0756. The summed E-state index contributed by atoms with van der Waals surface area (Å²) >= 11 is 0. The first-order valence-corrected chi connectivity index (χ1v) is 5.51. The second kappa shape index (κ2) is 3.94. The number of fused-ring (bicyclic) bond motifs is 1. The fraction of sp³-hybridized carbons (Fsp3) is 0.583. The Balaban J connectivity index is 2.22. The molecule has 0 amide bonds. The summed E-state index contributed by atoms with van der Waals surface area (Å²) in [6.45, 7) is 13.8. The summed E-state index contributed by atoms with van der Waals surface area (Å²) in [7, 11) is 1.68. The molecule has 2 aliphatic rings. The highest BCUT2D eigenvalue weighted by atomic mass is 16.7. The Hall–Kier alpha value is -1.29. The van der Waals surface area contributed by atoms with Gasteiger partial charge in [0.15, 0.2) is 0 Å². The minimum atomic E-state index is 0.207. The number of hydroxylamine groups is 2. The molecule has 4 heteroatoms. The highest BCUT2D eigenvalue weighted by Crippen LogP contribution is 2.27. The normalized spacial score (nSPS) is 28.1. The SMILES string of the molecule is C=C(C)[C@H]1CN2C[C@@H](C(=C)C)N(OC)C2=N1. The molecule has 2 atom stereocenters. The van der Waals surface area contributed by atoms with Crippen LogP contribution in [0, 0.1) is 0 Å². The molecule has 0 radical (unpaired) electrons. The first-order valence-electron chi connectivity index (χ1n) is 5.51. The standard InChI is InChI=1S/C12H19N3O/c1-8(2)10-6-14-7-11(9(3)4)15(16-5)12(14)13-10/h10-11H,1,3,6-7H2,2,4-5H3/t10-,11+/m1/s1. The van der Waals surface area contributed by atoms with E-state index in [0.717, 1.165) is 30.2 Å². The van der Waals surface area contributed by atoms with Gasteiger partial charge in [-0.3, -0.25) is 4.84 Å². The lowest BCUT2D eigenvalue weighted by atomic mass is 10.1. The third-order valence-corrected chi connectivity index (χ3v) is 3.16. The summed E-state index contributed by atoms with van der Waals surface area (Å²) in [5, 5.41) is 1.85. The van der Waals surface area contributed by atoms with Gasteiger partial charge in [-0.05, 0) is 13.8 Å². The van der Waals surface area contributed by atoms with Crippen LogP contribution < -0.4 is 0 Å². The molecular formula is C12H19N3O. The van der Waals surface area contributed by atoms with Gasteiger partial charge in [-0.2, -0.15) is 0 Å². The summed E-state index contributed by atoms with van der Waals surface area (Å²) in [4.78, 5) is 12.3. The van der Waals surface area contributed by atoms with Gasteiger partial charge in [-0.1, -0.05) is 24.3 Å². The zero-order chi connectivity index (χ0) is 11.9. The smallest absolute Gasteiger partial charge is 0.222 e. The molecule has 2 rings (SSSR count). The Morgan fingerprint density at radius 3 is 2.50 bits per heavy atom. The molecule has 2 heterocycles. The summed E-state index contributed by atoms with van der Waals surface area (Å²) < 4.78 is 0. The number of aliphatic imine (C=N–C) groups is 1. The lowest BCUT2D eigenvalue weighted by Crippen LogP contribution is -2.34. The van der Waals surface area contributed by atoms with E-state index in [1.54, 1.807) is 7.11 Å². The molecule has 1 saturated heterocycles. The molecule has 0 aromatic heterocycles. The predicted octanol–water partition coefficient (Wildman–Crippen LogP) is 1.42. The van der Waals surface area contributed by atoms with Crippen LogP contribution in [0.2, 0.25) is 0 Å². The van der Waals surface area contributed by atoms with E-state index in [-0.39, 0.29) is 12.1 Å². The van der Waals surface area contributed by atoms with Crippen LogP contribution in [-0.2, 0) is 4.84 Å². The molecule has 0 N–H and O–H groups in total. The molecule has 16 heavy (non-hydrogen) atoms. The van der Waals surface area contributed by atoms with Gasteiger partial charge in [0.2, 0.25) is 5.96 Å². The zero-order valence-electron chi connectivity index (χ0n) is 10.2. The van der Waals surface area contributed by atoms with E-state index in [9.17, 15) is 0 Å². The maximum atomic E-state index is 5.40. The quantitative estimate of drug-likeness (QED) is 0.675. The summed E-state index contributed by atoms with van der Waals surface area (Å²) in [6, 6.07) is 0.425. The predicted molar refractivity (Wildman–Crippen MR) is 65.1 cm³/mol. The van der Waals surface area contributed by atoms with Gasteiger partial charge >= 0.3 is 0 Å². The number of hydrogen-bond acceptors (Lipinski definition) is 4. The van der Waals surface area contributed by atoms with Gasteiger partial charge in [-0.25, -0.2) is 10.1 Å². The third kappa shape index (κ3) is 1.63. The van der Waals surface area contributed by atoms with Crippen molar-refractivity contribution in [2.24, 2.45) is 4.99 Å². The summed E-state index contributed by atoms with van der Waals surface area (Å²) in [5.74, 6) is 0.920. The van der Waals surface area contributed by atoms with E-state index < -0.39 is 0 Å². The van der Waals surface area contributed by atoms with Crippen LogP contribution in [0.3, 0.4) is 0 Å².